The third-order valence-corrected chi connectivity index (χ3v) is 11.3. The zero-order chi connectivity index (χ0) is 39.4. The van der Waals surface area contributed by atoms with Crippen molar-refractivity contribution >= 4 is 27.8 Å². The zero-order valence-electron chi connectivity index (χ0n) is 32.6. The molecule has 0 saturated carbocycles. The number of hydrogen-bond acceptors (Lipinski definition) is 1. The topological polar surface area (TPSA) is 3.24 Å². The molecular weight excluding hydrogens is 711 g/mol. The molecule has 0 bridgehead atoms. The molecule has 0 N–H and O–H groups in total. The van der Waals surface area contributed by atoms with Crippen molar-refractivity contribution in [3.05, 3.63) is 249 Å². The highest BCUT2D eigenvalue weighted by molar-refractivity contribution is 6.05. The minimum Gasteiger partial charge on any atom is -0.311 e. The van der Waals surface area contributed by atoms with Crippen LogP contribution in [-0.4, -0.2) is 0 Å². The van der Waals surface area contributed by atoms with Gasteiger partial charge in [0.1, 0.15) is 0 Å². The van der Waals surface area contributed by atoms with Crippen LogP contribution in [0, 0.1) is 0 Å². The van der Waals surface area contributed by atoms with Gasteiger partial charge in [0.25, 0.3) is 0 Å². The van der Waals surface area contributed by atoms with Crippen molar-refractivity contribution in [1.82, 2.24) is 0 Å². The van der Waals surface area contributed by atoms with Gasteiger partial charge in [0, 0.05) is 17.1 Å². The van der Waals surface area contributed by atoms with Gasteiger partial charge in [-0.15, -0.1) is 0 Å². The smallest absolute Gasteiger partial charge is 0.0462 e. The number of anilines is 3. The molecule has 1 nitrogen and oxygen atoms in total. The number of nitrogens with zero attached hydrogens (tertiary/aromatic N) is 1. The summed E-state index contributed by atoms with van der Waals surface area (Å²) in [5.74, 6) is 0. The molecule has 0 fully saturated rings. The number of fused-ring (bicyclic) bond motifs is 1. The molecule has 1 heteroatoms. The van der Waals surface area contributed by atoms with E-state index in [9.17, 15) is 0 Å². The molecule has 10 rings (SSSR count). The Bertz CT molecular complexity index is 2970. The maximum absolute atomic E-state index is 2.33. The van der Waals surface area contributed by atoms with Crippen LogP contribution in [0.4, 0.5) is 17.1 Å². The average Bonchev–Trinajstić information content (AvgIpc) is 3.33. The molecule has 278 valence electrons. The summed E-state index contributed by atoms with van der Waals surface area (Å²) < 4.78 is 0. The van der Waals surface area contributed by atoms with Crippen molar-refractivity contribution in [1.29, 1.82) is 0 Å². The van der Waals surface area contributed by atoms with Crippen molar-refractivity contribution in [3.63, 3.8) is 0 Å². The van der Waals surface area contributed by atoms with E-state index in [1.165, 1.54) is 77.5 Å². The van der Waals surface area contributed by atoms with Crippen LogP contribution in [0.3, 0.4) is 0 Å². The summed E-state index contributed by atoms with van der Waals surface area (Å²) in [5, 5.41) is 2.53. The van der Waals surface area contributed by atoms with Crippen LogP contribution in [0.1, 0.15) is 0 Å². The first-order valence-corrected chi connectivity index (χ1v) is 20.3. The SMILES string of the molecule is c1ccc(-c2ccc(-c3ccc(N(c4ccccc4)c4ccc(-c5ccc(-c6ccc(-c7ccccc7)c7ccccc67)cc5)cc4)cc3)cc2-c2ccccc2)cc1. The second-order valence-corrected chi connectivity index (χ2v) is 14.9. The standard InChI is InChI=1S/C58H41N/c1-5-15-45(16-6-1)53-39-40-54(57-24-14-13-23-56(53)57)48-27-25-42(26-28-48)43-29-34-51(35-30-43)59(50-21-11-4-12-22-50)52-36-31-44(32-37-52)49-33-38-55(46-17-7-2-8-18-46)58(41-49)47-19-9-3-10-20-47/h1-41H. The van der Waals surface area contributed by atoms with Gasteiger partial charge in [-0.1, -0.05) is 206 Å². The highest BCUT2D eigenvalue weighted by Gasteiger charge is 2.15. The Hall–Kier alpha value is -7.74. The highest BCUT2D eigenvalue weighted by atomic mass is 15.1. The summed E-state index contributed by atoms with van der Waals surface area (Å²) in [6, 6.07) is 89.6. The Morgan fingerprint density at radius 2 is 0.492 bits per heavy atom. The van der Waals surface area contributed by atoms with E-state index in [1.54, 1.807) is 0 Å². The van der Waals surface area contributed by atoms with Gasteiger partial charge in [-0.3, -0.25) is 0 Å². The second-order valence-electron chi connectivity index (χ2n) is 14.9. The maximum atomic E-state index is 2.33. The molecule has 0 spiro atoms. The Morgan fingerprint density at radius 3 is 0.983 bits per heavy atom. The monoisotopic (exact) mass is 751 g/mol. The van der Waals surface area contributed by atoms with Gasteiger partial charge < -0.3 is 4.90 Å². The number of para-hydroxylation sites is 1. The van der Waals surface area contributed by atoms with Crippen LogP contribution in [0.5, 0.6) is 0 Å². The Labute approximate surface area is 346 Å². The van der Waals surface area contributed by atoms with Crippen molar-refractivity contribution in [2.24, 2.45) is 0 Å². The largest absolute Gasteiger partial charge is 0.311 e. The molecule has 0 aliphatic heterocycles. The highest BCUT2D eigenvalue weighted by Crippen LogP contribution is 2.40. The zero-order valence-corrected chi connectivity index (χ0v) is 32.6. The van der Waals surface area contributed by atoms with E-state index in [0.717, 1.165) is 17.1 Å². The van der Waals surface area contributed by atoms with Crippen molar-refractivity contribution in [2.45, 2.75) is 0 Å². The van der Waals surface area contributed by atoms with Gasteiger partial charge in [-0.2, -0.15) is 0 Å². The van der Waals surface area contributed by atoms with Crippen molar-refractivity contribution < 1.29 is 0 Å². The molecule has 0 aliphatic carbocycles. The van der Waals surface area contributed by atoms with Gasteiger partial charge >= 0.3 is 0 Å². The fourth-order valence-corrected chi connectivity index (χ4v) is 8.34. The summed E-state index contributed by atoms with van der Waals surface area (Å²) >= 11 is 0. The van der Waals surface area contributed by atoms with Crippen LogP contribution >= 0.6 is 0 Å². The fourth-order valence-electron chi connectivity index (χ4n) is 8.34. The molecule has 0 radical (unpaired) electrons. The molecule has 0 unspecified atom stereocenters. The lowest BCUT2D eigenvalue weighted by molar-refractivity contribution is 1.28. The lowest BCUT2D eigenvalue weighted by Gasteiger charge is -2.26. The average molecular weight is 752 g/mol. The van der Waals surface area contributed by atoms with Gasteiger partial charge in [-0.25, -0.2) is 0 Å². The first-order valence-electron chi connectivity index (χ1n) is 20.3. The van der Waals surface area contributed by atoms with Crippen molar-refractivity contribution in [2.75, 3.05) is 4.90 Å². The third kappa shape index (κ3) is 7.23. The summed E-state index contributed by atoms with van der Waals surface area (Å²) in [6.45, 7) is 0. The molecule has 0 saturated heterocycles. The summed E-state index contributed by atoms with van der Waals surface area (Å²) in [4.78, 5) is 2.33. The third-order valence-electron chi connectivity index (χ3n) is 11.3. The summed E-state index contributed by atoms with van der Waals surface area (Å²) in [5.41, 5.74) is 17.9. The minimum absolute atomic E-state index is 1.10. The molecular formula is C58H41N. The first-order chi connectivity index (χ1) is 29.3. The summed E-state index contributed by atoms with van der Waals surface area (Å²) in [7, 11) is 0. The molecule has 0 heterocycles. The molecule has 0 atom stereocenters. The van der Waals surface area contributed by atoms with Crippen LogP contribution in [0.2, 0.25) is 0 Å². The predicted molar refractivity (Wildman–Crippen MR) is 251 cm³/mol. The van der Waals surface area contributed by atoms with Crippen LogP contribution < -0.4 is 4.90 Å². The van der Waals surface area contributed by atoms with E-state index >= 15 is 0 Å². The second kappa shape index (κ2) is 16.0. The Balaban J connectivity index is 0.939. The first kappa shape index (κ1) is 35.7. The Kier molecular flexibility index (Phi) is 9.68. The van der Waals surface area contributed by atoms with Gasteiger partial charge in [-0.05, 0) is 120 Å². The number of benzene rings is 10. The lowest BCUT2D eigenvalue weighted by atomic mass is 9.91. The number of hydrogen-bond donors (Lipinski definition) is 0. The van der Waals surface area contributed by atoms with Gasteiger partial charge in [0.15, 0.2) is 0 Å². The van der Waals surface area contributed by atoms with E-state index in [0.29, 0.717) is 0 Å². The van der Waals surface area contributed by atoms with Crippen LogP contribution in [0.15, 0.2) is 249 Å². The van der Waals surface area contributed by atoms with Gasteiger partial charge in [0.2, 0.25) is 0 Å². The molecule has 10 aromatic rings. The van der Waals surface area contributed by atoms with E-state index in [1.807, 2.05) is 0 Å². The Morgan fingerprint density at radius 1 is 0.186 bits per heavy atom. The van der Waals surface area contributed by atoms with Gasteiger partial charge in [0.05, 0.1) is 0 Å². The molecule has 10 aromatic carbocycles. The normalized spacial score (nSPS) is 11.1. The van der Waals surface area contributed by atoms with E-state index in [4.69, 9.17) is 0 Å². The minimum atomic E-state index is 1.10. The predicted octanol–water partition coefficient (Wildman–Crippen LogP) is 16.3. The molecule has 0 amide bonds. The summed E-state index contributed by atoms with van der Waals surface area (Å²) in [6.07, 6.45) is 0. The van der Waals surface area contributed by atoms with E-state index in [-0.39, 0.29) is 0 Å². The molecule has 59 heavy (non-hydrogen) atoms. The lowest BCUT2D eigenvalue weighted by Crippen LogP contribution is -2.09. The number of rotatable bonds is 9. The molecule has 0 aliphatic rings. The van der Waals surface area contributed by atoms with E-state index < -0.39 is 0 Å². The van der Waals surface area contributed by atoms with E-state index in [2.05, 4.69) is 254 Å². The quantitative estimate of drug-likeness (QED) is 0.142. The van der Waals surface area contributed by atoms with Crippen LogP contribution in [-0.2, 0) is 0 Å². The fraction of sp³-hybridized carbons (Fsp3) is 0. The maximum Gasteiger partial charge on any atom is 0.0462 e. The van der Waals surface area contributed by atoms with Crippen molar-refractivity contribution in [3.8, 4) is 66.8 Å². The molecule has 0 aromatic heterocycles. The van der Waals surface area contributed by atoms with Crippen LogP contribution in [0.25, 0.3) is 77.5 Å².